The molecular weight excluding hydrogens is 482 g/mol. The van der Waals surface area contributed by atoms with Gasteiger partial charge in [0.05, 0.1) is 30.3 Å². The minimum Gasteiger partial charge on any atom is -0.378 e. The van der Waals surface area contributed by atoms with Crippen LogP contribution in [-0.2, 0) is 4.74 Å². The van der Waals surface area contributed by atoms with Gasteiger partial charge in [0.1, 0.15) is 17.3 Å². The number of rotatable bonds is 6. The molecule has 0 aliphatic carbocycles. The maximum Gasteiger partial charge on any atom is 0.296 e. The number of nitrogens with zero attached hydrogens (tertiary/aromatic N) is 7. The van der Waals surface area contributed by atoms with E-state index in [1.165, 1.54) is 4.57 Å². The van der Waals surface area contributed by atoms with Crippen LogP contribution in [0.4, 0.5) is 20.5 Å². The minimum absolute atomic E-state index is 0.0537. The second-order valence-electron chi connectivity index (χ2n) is 8.87. The average molecular weight is 507 g/mol. The fourth-order valence-corrected chi connectivity index (χ4v) is 4.54. The highest BCUT2D eigenvalue weighted by molar-refractivity contribution is 5.93. The summed E-state index contributed by atoms with van der Waals surface area (Å²) in [4.78, 5) is 33.9. The van der Waals surface area contributed by atoms with Crippen molar-refractivity contribution in [3.8, 4) is 5.82 Å². The molecule has 2 aliphatic heterocycles. The number of alkyl halides is 2. The second-order valence-corrected chi connectivity index (χ2v) is 8.87. The number of nitrogens with one attached hydrogen (secondary N) is 1. The average Bonchev–Trinajstić information content (AvgIpc) is 3.31. The molecule has 2 fully saturated rings. The van der Waals surface area contributed by atoms with E-state index in [-0.39, 0.29) is 17.8 Å². The topological polar surface area (TPSA) is 101 Å². The Morgan fingerprint density at radius 1 is 1.03 bits per heavy atom. The van der Waals surface area contributed by atoms with E-state index < -0.39 is 6.43 Å². The van der Waals surface area contributed by atoms with Crippen molar-refractivity contribution in [1.29, 1.82) is 0 Å². The smallest absolute Gasteiger partial charge is 0.296 e. The number of para-hydroxylation sites is 2. The predicted molar refractivity (Wildman–Crippen MR) is 132 cm³/mol. The minimum atomic E-state index is -2.79. The highest BCUT2D eigenvalue weighted by atomic mass is 19.3. The fourth-order valence-electron chi connectivity index (χ4n) is 4.54. The molecule has 0 spiro atoms. The zero-order valence-corrected chi connectivity index (χ0v) is 19.8. The van der Waals surface area contributed by atoms with Crippen molar-refractivity contribution in [3.05, 3.63) is 66.2 Å². The van der Waals surface area contributed by atoms with Crippen LogP contribution < -0.4 is 10.2 Å². The molecule has 4 aromatic rings. The largest absolute Gasteiger partial charge is 0.378 e. The molecule has 190 valence electrons. The summed E-state index contributed by atoms with van der Waals surface area (Å²) in [5, 5.41) is 3.35. The number of benzene rings is 1. The maximum absolute atomic E-state index is 14.0. The fraction of sp³-hybridized carbons (Fsp3) is 0.320. The number of pyridine rings is 1. The third-order valence-corrected chi connectivity index (χ3v) is 6.41. The third-order valence-electron chi connectivity index (χ3n) is 6.41. The molecule has 2 saturated heterocycles. The summed E-state index contributed by atoms with van der Waals surface area (Å²) in [6.07, 6.45) is -1.20. The van der Waals surface area contributed by atoms with Crippen LogP contribution in [0.3, 0.4) is 0 Å². The van der Waals surface area contributed by atoms with Gasteiger partial charge in [-0.3, -0.25) is 14.3 Å². The number of carbonyl (C=O) groups excluding carboxylic acids is 1. The molecule has 10 nitrogen and oxygen atoms in total. The lowest BCUT2D eigenvalue weighted by Crippen LogP contribution is -2.57. The first-order chi connectivity index (χ1) is 18.1. The van der Waals surface area contributed by atoms with Gasteiger partial charge in [-0.1, -0.05) is 18.2 Å². The molecule has 1 amide bonds. The van der Waals surface area contributed by atoms with Crippen molar-refractivity contribution >= 4 is 28.7 Å². The van der Waals surface area contributed by atoms with Crippen molar-refractivity contribution in [2.45, 2.75) is 12.5 Å². The standard InChI is InChI=1S/C25H24F2N8O2/c26-22(27)23-30-17-5-1-2-7-19(17)35(23)21-13-20(31-25(32-21)33-9-11-37-12-10-33)29-16-14-34(15-16)24(36)18-6-3-4-8-28-18/h1-8,13,16,22H,9-12,14-15H2,(H,29,31,32). The van der Waals surface area contributed by atoms with Crippen LogP contribution in [0.1, 0.15) is 22.7 Å². The van der Waals surface area contributed by atoms with Gasteiger partial charge in [0, 0.05) is 38.4 Å². The summed E-state index contributed by atoms with van der Waals surface area (Å²) in [6, 6.07) is 13.8. The van der Waals surface area contributed by atoms with E-state index in [4.69, 9.17) is 4.74 Å². The number of morpholine rings is 1. The van der Waals surface area contributed by atoms with Gasteiger partial charge < -0.3 is 19.9 Å². The molecule has 37 heavy (non-hydrogen) atoms. The van der Waals surface area contributed by atoms with Crippen LogP contribution in [0.15, 0.2) is 54.7 Å². The lowest BCUT2D eigenvalue weighted by atomic mass is 10.1. The molecule has 3 aromatic heterocycles. The Bertz CT molecular complexity index is 1420. The van der Waals surface area contributed by atoms with Gasteiger partial charge in [0.15, 0.2) is 5.82 Å². The summed E-state index contributed by atoms with van der Waals surface area (Å²) < 4.78 is 34.9. The van der Waals surface area contributed by atoms with Crippen LogP contribution >= 0.6 is 0 Å². The molecule has 0 unspecified atom stereocenters. The Kier molecular flexibility index (Phi) is 6.08. The van der Waals surface area contributed by atoms with E-state index in [1.807, 2.05) is 4.90 Å². The van der Waals surface area contributed by atoms with E-state index in [2.05, 4.69) is 25.3 Å². The quantitative estimate of drug-likeness (QED) is 0.426. The number of halogens is 2. The maximum atomic E-state index is 14.0. The van der Waals surface area contributed by atoms with Gasteiger partial charge in [0.2, 0.25) is 5.95 Å². The Morgan fingerprint density at radius 2 is 1.81 bits per heavy atom. The molecular formula is C25H24F2N8O2. The Balaban J connectivity index is 1.31. The number of anilines is 2. The normalized spacial score (nSPS) is 16.3. The van der Waals surface area contributed by atoms with Crippen molar-refractivity contribution < 1.29 is 18.3 Å². The number of amides is 1. The van der Waals surface area contributed by atoms with Crippen molar-refractivity contribution in [2.75, 3.05) is 49.6 Å². The summed E-state index contributed by atoms with van der Waals surface area (Å²) >= 11 is 0. The third kappa shape index (κ3) is 4.55. The van der Waals surface area contributed by atoms with E-state index in [0.717, 1.165) is 0 Å². The molecule has 0 saturated carbocycles. The molecule has 1 aromatic carbocycles. The first kappa shape index (κ1) is 23.2. The lowest BCUT2D eigenvalue weighted by molar-refractivity contribution is 0.0618. The number of imidazole rings is 1. The number of aromatic nitrogens is 5. The molecule has 0 atom stereocenters. The summed E-state index contributed by atoms with van der Waals surface area (Å²) in [7, 11) is 0. The molecule has 12 heteroatoms. The van der Waals surface area contributed by atoms with Crippen molar-refractivity contribution in [1.82, 2.24) is 29.4 Å². The number of fused-ring (bicyclic) bond motifs is 1. The second kappa shape index (κ2) is 9.69. The molecule has 2 aliphatic rings. The van der Waals surface area contributed by atoms with Gasteiger partial charge in [0.25, 0.3) is 12.3 Å². The van der Waals surface area contributed by atoms with Gasteiger partial charge in [-0.15, -0.1) is 0 Å². The van der Waals surface area contributed by atoms with Gasteiger partial charge in [-0.25, -0.2) is 13.8 Å². The summed E-state index contributed by atoms with van der Waals surface area (Å²) in [5.41, 5.74) is 1.39. The number of likely N-dealkylation sites (tertiary alicyclic amines) is 1. The van der Waals surface area contributed by atoms with Crippen LogP contribution in [0.25, 0.3) is 16.9 Å². The zero-order valence-electron chi connectivity index (χ0n) is 19.8. The molecule has 5 heterocycles. The summed E-state index contributed by atoms with van der Waals surface area (Å²) in [6.45, 7) is 3.17. The molecule has 0 radical (unpaired) electrons. The van der Waals surface area contributed by atoms with E-state index in [1.54, 1.807) is 59.6 Å². The SMILES string of the molecule is O=C(c1ccccn1)N1CC(Nc2cc(-n3c(C(F)F)nc4ccccc43)nc(N3CCOCC3)n2)C1. The zero-order chi connectivity index (χ0) is 25.4. The molecule has 6 rings (SSSR count). The Hall–Kier alpha value is -4.19. The number of carbonyl (C=O) groups is 1. The van der Waals surface area contributed by atoms with Crippen LogP contribution in [0, 0.1) is 0 Å². The number of hydrogen-bond donors (Lipinski definition) is 1. The highest BCUT2D eigenvalue weighted by Gasteiger charge is 2.32. The summed E-state index contributed by atoms with van der Waals surface area (Å²) in [5.74, 6) is 0.683. The van der Waals surface area contributed by atoms with E-state index in [0.29, 0.717) is 73.7 Å². The van der Waals surface area contributed by atoms with E-state index in [9.17, 15) is 13.6 Å². The van der Waals surface area contributed by atoms with Crippen LogP contribution in [-0.4, -0.2) is 80.7 Å². The molecule has 0 bridgehead atoms. The van der Waals surface area contributed by atoms with Gasteiger partial charge >= 0.3 is 0 Å². The molecule has 1 N–H and O–H groups in total. The Morgan fingerprint density at radius 3 is 2.57 bits per heavy atom. The predicted octanol–water partition coefficient (Wildman–Crippen LogP) is 2.92. The van der Waals surface area contributed by atoms with Gasteiger partial charge in [-0.2, -0.15) is 9.97 Å². The van der Waals surface area contributed by atoms with E-state index >= 15 is 0 Å². The number of hydrogen-bond acceptors (Lipinski definition) is 8. The Labute approximate surface area is 210 Å². The van der Waals surface area contributed by atoms with Crippen molar-refractivity contribution in [2.24, 2.45) is 0 Å². The van der Waals surface area contributed by atoms with Gasteiger partial charge in [-0.05, 0) is 24.3 Å². The first-order valence-electron chi connectivity index (χ1n) is 12.0. The first-order valence-corrected chi connectivity index (χ1v) is 12.0. The van der Waals surface area contributed by atoms with Crippen LogP contribution in [0.2, 0.25) is 0 Å². The number of ether oxygens (including phenoxy) is 1. The van der Waals surface area contributed by atoms with Crippen LogP contribution in [0.5, 0.6) is 0 Å². The van der Waals surface area contributed by atoms with Crippen molar-refractivity contribution in [3.63, 3.8) is 0 Å². The highest BCUT2D eigenvalue weighted by Crippen LogP contribution is 2.29. The monoisotopic (exact) mass is 506 g/mol. The lowest BCUT2D eigenvalue weighted by Gasteiger charge is -2.39.